The molecule has 28 heavy (non-hydrogen) atoms. The minimum atomic E-state index is -3.65. The van der Waals surface area contributed by atoms with Crippen molar-refractivity contribution < 1.29 is 12.8 Å². The number of piperazine rings is 1. The number of sulfonamides is 1. The van der Waals surface area contributed by atoms with Crippen LogP contribution in [-0.2, 0) is 16.6 Å². The number of rotatable bonds is 5. The molecule has 2 aliphatic heterocycles. The van der Waals surface area contributed by atoms with E-state index in [2.05, 4.69) is 14.9 Å². The highest BCUT2D eigenvalue weighted by Crippen LogP contribution is 2.31. The second-order valence-electron chi connectivity index (χ2n) is 7.77. The summed E-state index contributed by atoms with van der Waals surface area (Å²) in [5, 5.41) is 4.42. The van der Waals surface area contributed by atoms with E-state index in [-0.39, 0.29) is 0 Å². The third kappa shape index (κ3) is 3.09. The number of furan rings is 1. The molecule has 0 amide bonds. The smallest absolute Gasteiger partial charge is 0.262 e. The van der Waals surface area contributed by atoms with E-state index in [1.807, 2.05) is 24.3 Å². The summed E-state index contributed by atoms with van der Waals surface area (Å²) in [6.45, 7) is 4.60. The molecule has 146 valence electrons. The highest BCUT2D eigenvalue weighted by Gasteiger charge is 2.37. The molecule has 5 rings (SSSR count). The number of benzene rings is 2. The highest BCUT2D eigenvalue weighted by molar-refractivity contribution is 7.92. The molecule has 0 spiro atoms. The lowest BCUT2D eigenvalue weighted by atomic mass is 10.1. The topological polar surface area (TPSA) is 74.6 Å². The first-order valence-corrected chi connectivity index (χ1v) is 11.0. The molecule has 2 bridgehead atoms. The molecule has 3 aromatic rings. The summed E-state index contributed by atoms with van der Waals surface area (Å²) in [6, 6.07) is 13.7. The summed E-state index contributed by atoms with van der Waals surface area (Å²) in [5.41, 5.74) is 3.13. The van der Waals surface area contributed by atoms with Crippen molar-refractivity contribution in [2.24, 2.45) is 0 Å². The van der Waals surface area contributed by atoms with Crippen LogP contribution in [0.2, 0.25) is 0 Å². The van der Waals surface area contributed by atoms with E-state index in [4.69, 9.17) is 4.42 Å². The van der Waals surface area contributed by atoms with Gasteiger partial charge in [0.15, 0.2) is 0 Å². The lowest BCUT2D eigenvalue weighted by Gasteiger charge is -2.27. The molecular formula is C21H23N3O3S. The van der Waals surface area contributed by atoms with E-state index in [1.54, 1.807) is 31.4 Å². The van der Waals surface area contributed by atoms with Gasteiger partial charge in [0.1, 0.15) is 5.58 Å². The van der Waals surface area contributed by atoms with Crippen LogP contribution in [0.25, 0.3) is 11.0 Å². The van der Waals surface area contributed by atoms with Gasteiger partial charge < -0.3 is 9.73 Å². The van der Waals surface area contributed by atoms with Gasteiger partial charge in [-0.3, -0.25) is 9.62 Å². The molecule has 2 atom stereocenters. The van der Waals surface area contributed by atoms with Crippen molar-refractivity contribution in [3.05, 3.63) is 59.9 Å². The number of hydrogen-bond acceptors (Lipinski definition) is 5. The van der Waals surface area contributed by atoms with Gasteiger partial charge >= 0.3 is 0 Å². The fourth-order valence-corrected chi connectivity index (χ4v) is 5.75. The predicted octanol–water partition coefficient (Wildman–Crippen LogP) is 3.09. The van der Waals surface area contributed by atoms with E-state index in [0.717, 1.165) is 41.7 Å². The van der Waals surface area contributed by atoms with Crippen molar-refractivity contribution in [3.8, 4) is 0 Å². The summed E-state index contributed by atoms with van der Waals surface area (Å²) in [4.78, 5) is 2.75. The van der Waals surface area contributed by atoms with Gasteiger partial charge in [-0.05, 0) is 43.2 Å². The van der Waals surface area contributed by atoms with Gasteiger partial charge in [-0.25, -0.2) is 8.42 Å². The van der Waals surface area contributed by atoms with E-state index < -0.39 is 10.0 Å². The van der Waals surface area contributed by atoms with Crippen molar-refractivity contribution >= 4 is 26.7 Å². The molecule has 2 saturated heterocycles. The van der Waals surface area contributed by atoms with Gasteiger partial charge in [-0.2, -0.15) is 0 Å². The average molecular weight is 398 g/mol. The maximum absolute atomic E-state index is 12.9. The van der Waals surface area contributed by atoms with Gasteiger partial charge in [0, 0.05) is 42.7 Å². The maximum Gasteiger partial charge on any atom is 0.262 e. The Bertz CT molecular complexity index is 1140. The van der Waals surface area contributed by atoms with Crippen molar-refractivity contribution in [2.45, 2.75) is 36.9 Å². The zero-order valence-electron chi connectivity index (χ0n) is 15.7. The van der Waals surface area contributed by atoms with Crippen LogP contribution in [0.1, 0.15) is 17.5 Å². The van der Waals surface area contributed by atoms with Crippen molar-refractivity contribution in [3.63, 3.8) is 0 Å². The number of anilines is 1. The number of nitrogens with one attached hydrogen (secondary N) is 2. The van der Waals surface area contributed by atoms with Crippen LogP contribution in [0.15, 0.2) is 58.0 Å². The van der Waals surface area contributed by atoms with E-state index >= 15 is 0 Å². The number of fused-ring (bicyclic) bond motifs is 3. The summed E-state index contributed by atoms with van der Waals surface area (Å²) in [7, 11) is -3.65. The first-order chi connectivity index (χ1) is 13.5. The van der Waals surface area contributed by atoms with Gasteiger partial charge in [-0.15, -0.1) is 0 Å². The molecule has 2 aliphatic rings. The largest absolute Gasteiger partial charge is 0.464 e. The zero-order chi connectivity index (χ0) is 19.3. The monoisotopic (exact) mass is 397 g/mol. The molecule has 1 unspecified atom stereocenters. The Morgan fingerprint density at radius 1 is 1.25 bits per heavy atom. The predicted molar refractivity (Wildman–Crippen MR) is 109 cm³/mol. The minimum Gasteiger partial charge on any atom is -0.464 e. The molecule has 7 heteroatoms. The Morgan fingerprint density at radius 3 is 2.86 bits per heavy atom. The van der Waals surface area contributed by atoms with Crippen LogP contribution in [0, 0.1) is 6.92 Å². The fraction of sp³-hybridized carbons (Fsp3) is 0.333. The van der Waals surface area contributed by atoms with Gasteiger partial charge in [0.25, 0.3) is 10.0 Å². The number of aryl methyl sites for hydroxylation is 1. The van der Waals surface area contributed by atoms with E-state index in [1.165, 1.54) is 6.42 Å². The van der Waals surface area contributed by atoms with Crippen molar-refractivity contribution in [2.75, 3.05) is 17.8 Å². The first-order valence-electron chi connectivity index (χ1n) is 9.55. The zero-order valence-corrected chi connectivity index (χ0v) is 16.5. The highest BCUT2D eigenvalue weighted by atomic mass is 32.2. The Balaban J connectivity index is 1.48. The Hall–Kier alpha value is -2.35. The number of likely N-dealkylation sites (tertiary alicyclic amines) is 1. The third-order valence-electron chi connectivity index (χ3n) is 5.81. The van der Waals surface area contributed by atoms with Gasteiger partial charge in [-0.1, -0.05) is 18.2 Å². The Kier molecular flexibility index (Phi) is 4.19. The van der Waals surface area contributed by atoms with Gasteiger partial charge in [0.05, 0.1) is 16.8 Å². The molecule has 3 heterocycles. The minimum absolute atomic E-state index is 0.298. The summed E-state index contributed by atoms with van der Waals surface area (Å²) >= 11 is 0. The summed E-state index contributed by atoms with van der Waals surface area (Å²) < 4.78 is 34.3. The van der Waals surface area contributed by atoms with Crippen molar-refractivity contribution in [1.29, 1.82) is 0 Å². The normalized spacial score (nSPS) is 22.2. The maximum atomic E-state index is 12.9. The Morgan fingerprint density at radius 2 is 2.11 bits per heavy atom. The number of hydrogen-bond donors (Lipinski definition) is 2. The van der Waals surface area contributed by atoms with Crippen LogP contribution in [0.3, 0.4) is 0 Å². The second-order valence-corrected chi connectivity index (χ2v) is 9.42. The first kappa shape index (κ1) is 17.7. The van der Waals surface area contributed by atoms with Gasteiger partial charge in [0.2, 0.25) is 0 Å². The molecule has 1 aromatic heterocycles. The quantitative estimate of drug-likeness (QED) is 0.692. The second kappa shape index (κ2) is 6.62. The van der Waals surface area contributed by atoms with Crippen LogP contribution in [0.5, 0.6) is 0 Å². The molecule has 0 radical (unpaired) electrons. The standard InChI is InChI=1S/C21H23N3O3S/c1-14-4-2-3-5-20(14)28(25,26)23-17-8-15-6-7-27-21(15)16(9-17)12-24-13-18-10-19(24)11-22-18/h2-9,18-19,22-23H,10-13H2,1H3/t18-,19?/m0/s1. The lowest BCUT2D eigenvalue weighted by Crippen LogP contribution is -2.42. The summed E-state index contributed by atoms with van der Waals surface area (Å²) in [6.07, 6.45) is 2.84. The van der Waals surface area contributed by atoms with Crippen LogP contribution < -0.4 is 10.0 Å². The number of nitrogens with zero attached hydrogens (tertiary/aromatic N) is 1. The van der Waals surface area contributed by atoms with E-state index in [0.29, 0.717) is 22.7 Å². The summed E-state index contributed by atoms with van der Waals surface area (Å²) in [5.74, 6) is 0. The van der Waals surface area contributed by atoms with Crippen LogP contribution in [0.4, 0.5) is 5.69 Å². The average Bonchev–Trinajstić information content (AvgIpc) is 3.38. The fourth-order valence-electron chi connectivity index (χ4n) is 4.46. The third-order valence-corrected chi connectivity index (χ3v) is 7.35. The lowest BCUT2D eigenvalue weighted by molar-refractivity contribution is 0.218. The molecule has 2 aromatic carbocycles. The molecule has 0 saturated carbocycles. The van der Waals surface area contributed by atoms with E-state index in [9.17, 15) is 8.42 Å². The van der Waals surface area contributed by atoms with Crippen LogP contribution >= 0.6 is 0 Å². The molecular weight excluding hydrogens is 374 g/mol. The Labute approximate surface area is 164 Å². The van der Waals surface area contributed by atoms with Crippen molar-refractivity contribution in [1.82, 2.24) is 10.2 Å². The molecule has 2 N–H and O–H groups in total. The molecule has 0 aliphatic carbocycles. The van der Waals surface area contributed by atoms with Crippen LogP contribution in [-0.4, -0.2) is 38.5 Å². The molecule has 2 fully saturated rings. The molecule has 6 nitrogen and oxygen atoms in total. The SMILES string of the molecule is Cc1ccccc1S(=O)(=O)Nc1cc(CN2C[C@@H]3CC2CN3)c2occc2c1.